The van der Waals surface area contributed by atoms with Gasteiger partial charge < -0.3 is 14.4 Å². The number of benzene rings is 1. The lowest BCUT2D eigenvalue weighted by Crippen LogP contribution is -2.47. The van der Waals surface area contributed by atoms with Gasteiger partial charge in [-0.15, -0.1) is 0 Å². The summed E-state index contributed by atoms with van der Waals surface area (Å²) in [4.78, 5) is 26.9. The smallest absolute Gasteiger partial charge is 0.274 e. The molecule has 1 aliphatic carbocycles. The summed E-state index contributed by atoms with van der Waals surface area (Å²) in [5.74, 6) is 0.889. The van der Waals surface area contributed by atoms with Crippen molar-refractivity contribution in [2.45, 2.75) is 51.0 Å². The number of rotatable bonds is 3. The minimum Gasteiger partial charge on any atom is -0.454 e. The van der Waals surface area contributed by atoms with E-state index in [0.29, 0.717) is 34.3 Å². The van der Waals surface area contributed by atoms with E-state index in [9.17, 15) is 9.59 Å². The Morgan fingerprint density at radius 3 is 2.59 bits per heavy atom. The quantitative estimate of drug-likeness (QED) is 0.792. The number of carbonyl (C=O) groups excluding carboxylic acids is 2. The summed E-state index contributed by atoms with van der Waals surface area (Å²) in [6.45, 7) is 0.145. The first-order valence-electron chi connectivity index (χ1n) is 9.31. The van der Waals surface area contributed by atoms with Gasteiger partial charge in [0.05, 0.1) is 10.7 Å². The molecule has 0 saturated heterocycles. The van der Waals surface area contributed by atoms with Gasteiger partial charge in [-0.1, -0.05) is 30.9 Å². The number of hydrogen-bond donors (Lipinski definition) is 0. The molecule has 144 valence electrons. The number of hydrogen-bond acceptors (Lipinski definition) is 5. The maximum absolute atomic E-state index is 13.4. The average molecular weight is 392 g/mol. The molecular weight excluding hydrogens is 370 g/mol. The van der Waals surface area contributed by atoms with Crippen LogP contribution in [0.15, 0.2) is 17.2 Å². The molecule has 7 nitrogen and oxygen atoms in total. The van der Waals surface area contributed by atoms with Gasteiger partial charge in [0.1, 0.15) is 5.71 Å². The van der Waals surface area contributed by atoms with E-state index in [-0.39, 0.29) is 31.1 Å². The molecule has 1 fully saturated rings. The largest absolute Gasteiger partial charge is 0.454 e. The van der Waals surface area contributed by atoms with Crippen LogP contribution in [0.3, 0.4) is 0 Å². The maximum atomic E-state index is 13.4. The third-order valence-electron chi connectivity index (χ3n) is 5.31. The van der Waals surface area contributed by atoms with Crippen molar-refractivity contribution in [3.8, 4) is 11.5 Å². The Labute approximate surface area is 162 Å². The van der Waals surface area contributed by atoms with E-state index in [1.54, 1.807) is 24.1 Å². The number of amides is 2. The molecule has 4 rings (SSSR count). The second-order valence-electron chi connectivity index (χ2n) is 7.09. The molecule has 8 heteroatoms. The lowest BCUT2D eigenvalue weighted by atomic mass is 9.93. The molecule has 0 N–H and O–H groups in total. The van der Waals surface area contributed by atoms with Gasteiger partial charge in [-0.2, -0.15) is 5.10 Å². The molecule has 2 heterocycles. The molecule has 0 unspecified atom stereocenters. The molecule has 1 saturated carbocycles. The van der Waals surface area contributed by atoms with Gasteiger partial charge in [0.2, 0.25) is 12.7 Å². The van der Waals surface area contributed by atoms with Crippen molar-refractivity contribution >= 4 is 34.8 Å². The molecule has 0 aromatic heterocycles. The molecule has 2 aliphatic heterocycles. The average Bonchev–Trinajstić information content (AvgIpc) is 3.12. The first-order valence-corrected chi connectivity index (χ1v) is 9.69. The summed E-state index contributed by atoms with van der Waals surface area (Å²) < 4.78 is 10.9. The van der Waals surface area contributed by atoms with Crippen molar-refractivity contribution < 1.29 is 19.1 Å². The second-order valence-corrected chi connectivity index (χ2v) is 7.50. The van der Waals surface area contributed by atoms with Crippen LogP contribution in [0.4, 0.5) is 5.69 Å². The van der Waals surface area contributed by atoms with E-state index in [2.05, 4.69) is 5.10 Å². The van der Waals surface area contributed by atoms with E-state index >= 15 is 0 Å². The van der Waals surface area contributed by atoms with Gasteiger partial charge in [-0.25, -0.2) is 5.01 Å². The van der Waals surface area contributed by atoms with Crippen LogP contribution >= 0.6 is 11.6 Å². The Bertz CT molecular complexity index is 804. The summed E-state index contributed by atoms with van der Waals surface area (Å²) in [7, 11) is 1.58. The van der Waals surface area contributed by atoms with Crippen LogP contribution in [0.2, 0.25) is 5.02 Å². The first kappa shape index (κ1) is 18.1. The van der Waals surface area contributed by atoms with Crippen molar-refractivity contribution in [2.24, 2.45) is 5.10 Å². The number of fused-ring (bicyclic) bond motifs is 1. The number of nitrogens with zero attached hydrogens (tertiary/aromatic N) is 3. The summed E-state index contributed by atoms with van der Waals surface area (Å²) in [6.07, 6.45) is 5.77. The first-order chi connectivity index (χ1) is 13.0. The zero-order valence-corrected chi connectivity index (χ0v) is 16.0. The second kappa shape index (κ2) is 7.38. The van der Waals surface area contributed by atoms with Gasteiger partial charge >= 0.3 is 0 Å². The van der Waals surface area contributed by atoms with Crippen molar-refractivity contribution in [2.75, 3.05) is 18.7 Å². The van der Waals surface area contributed by atoms with Gasteiger partial charge in [-0.3, -0.25) is 9.59 Å². The number of anilines is 1. The maximum Gasteiger partial charge on any atom is 0.274 e. The molecule has 2 amide bonds. The topological polar surface area (TPSA) is 71.4 Å². The highest BCUT2D eigenvalue weighted by atomic mass is 35.5. The Balaban J connectivity index is 1.73. The normalized spacial score (nSPS) is 19.9. The zero-order valence-electron chi connectivity index (χ0n) is 15.2. The van der Waals surface area contributed by atoms with Gasteiger partial charge in [-0.05, 0) is 12.8 Å². The highest BCUT2D eigenvalue weighted by Crippen LogP contribution is 2.42. The van der Waals surface area contributed by atoms with Crippen molar-refractivity contribution in [3.63, 3.8) is 0 Å². The monoisotopic (exact) mass is 391 g/mol. The fourth-order valence-corrected chi connectivity index (χ4v) is 4.11. The lowest BCUT2D eigenvalue weighted by Gasteiger charge is -2.36. The van der Waals surface area contributed by atoms with Crippen molar-refractivity contribution in [1.29, 1.82) is 0 Å². The molecule has 0 radical (unpaired) electrons. The molecular formula is C19H22ClN3O4. The van der Waals surface area contributed by atoms with Crippen LogP contribution in [0.1, 0.15) is 44.9 Å². The molecule has 1 aromatic carbocycles. The fourth-order valence-electron chi connectivity index (χ4n) is 3.86. The van der Waals surface area contributed by atoms with Crippen molar-refractivity contribution in [1.82, 2.24) is 5.01 Å². The fraction of sp³-hybridized carbons (Fsp3) is 0.526. The van der Waals surface area contributed by atoms with Crippen molar-refractivity contribution in [3.05, 3.63) is 17.2 Å². The van der Waals surface area contributed by atoms with Crippen LogP contribution in [0.25, 0.3) is 0 Å². The van der Waals surface area contributed by atoms with E-state index in [0.717, 1.165) is 25.7 Å². The number of carbonyl (C=O) groups is 2. The zero-order chi connectivity index (χ0) is 19.0. The van der Waals surface area contributed by atoms with E-state index in [4.69, 9.17) is 21.1 Å². The molecule has 1 aromatic rings. The SMILES string of the molecule is CN1N=C(C(=O)N(c2cc3c(cc2Cl)OCO3)C2CCCCC2)CCC1=O. The molecule has 0 spiro atoms. The third-order valence-corrected chi connectivity index (χ3v) is 5.62. The molecule has 0 atom stereocenters. The van der Waals surface area contributed by atoms with E-state index in [1.807, 2.05) is 0 Å². The highest BCUT2D eigenvalue weighted by Gasteiger charge is 2.34. The third kappa shape index (κ3) is 3.48. The predicted molar refractivity (Wildman–Crippen MR) is 101 cm³/mol. The van der Waals surface area contributed by atoms with Crippen LogP contribution in [-0.2, 0) is 9.59 Å². The van der Waals surface area contributed by atoms with E-state index < -0.39 is 0 Å². The Morgan fingerprint density at radius 2 is 1.89 bits per heavy atom. The summed E-state index contributed by atoms with van der Waals surface area (Å²) in [6, 6.07) is 3.52. The van der Waals surface area contributed by atoms with Crippen LogP contribution in [-0.4, -0.2) is 42.4 Å². The Hall–Kier alpha value is -2.28. The van der Waals surface area contributed by atoms with Crippen LogP contribution in [0, 0.1) is 0 Å². The number of hydrazone groups is 1. The Kier molecular flexibility index (Phi) is 4.95. The predicted octanol–water partition coefficient (Wildman–Crippen LogP) is 3.34. The standard InChI is InChI=1S/C19H22ClN3O4/c1-22-18(24)8-7-14(21-22)19(25)23(12-5-3-2-4-6-12)15-10-17-16(9-13(15)20)26-11-27-17/h9-10,12H,2-8,11H2,1H3. The molecule has 3 aliphatic rings. The minimum absolute atomic E-state index is 0.0507. The molecule has 27 heavy (non-hydrogen) atoms. The molecule has 0 bridgehead atoms. The minimum atomic E-state index is -0.193. The highest BCUT2D eigenvalue weighted by molar-refractivity contribution is 6.45. The van der Waals surface area contributed by atoms with Gasteiger partial charge in [0, 0.05) is 38.1 Å². The number of halogens is 1. The van der Waals surface area contributed by atoms with Crippen LogP contribution < -0.4 is 14.4 Å². The summed E-state index contributed by atoms with van der Waals surface area (Å²) >= 11 is 6.52. The Morgan fingerprint density at radius 1 is 1.19 bits per heavy atom. The van der Waals surface area contributed by atoms with Gasteiger partial charge in [0.15, 0.2) is 11.5 Å². The van der Waals surface area contributed by atoms with Gasteiger partial charge in [0.25, 0.3) is 5.91 Å². The number of ether oxygens (including phenoxy) is 2. The summed E-state index contributed by atoms with van der Waals surface area (Å²) in [5, 5.41) is 5.91. The van der Waals surface area contributed by atoms with Crippen LogP contribution in [0.5, 0.6) is 11.5 Å². The lowest BCUT2D eigenvalue weighted by molar-refractivity contribution is -0.130. The van der Waals surface area contributed by atoms with E-state index in [1.165, 1.54) is 11.4 Å². The summed E-state index contributed by atoms with van der Waals surface area (Å²) in [5.41, 5.74) is 0.997.